The first-order valence-electron chi connectivity index (χ1n) is 3.88. The highest BCUT2D eigenvalue weighted by molar-refractivity contribution is 7.80. The number of fused-ring (bicyclic) bond motifs is 1. The number of alkyl halides is 2. The van der Waals surface area contributed by atoms with Crippen LogP contribution in [0, 0.1) is 0 Å². The standard InChI is InChI=1S/C9H7F2NS2/c10-9(11)8-7(12)5-2-1-4(13)3-6(5)14-8/h1-3,9,13H,12H2. The zero-order chi connectivity index (χ0) is 10.3. The third-order valence-corrected chi connectivity index (χ3v) is 3.39. The summed E-state index contributed by atoms with van der Waals surface area (Å²) in [5.74, 6) is 0. The van der Waals surface area contributed by atoms with Crippen molar-refractivity contribution in [1.29, 1.82) is 0 Å². The van der Waals surface area contributed by atoms with E-state index in [0.29, 0.717) is 5.39 Å². The summed E-state index contributed by atoms with van der Waals surface area (Å²) in [4.78, 5) is 0.693. The van der Waals surface area contributed by atoms with Crippen LogP contribution in [0.5, 0.6) is 0 Å². The summed E-state index contributed by atoms with van der Waals surface area (Å²) in [5.41, 5.74) is 5.78. The molecule has 74 valence electrons. The zero-order valence-corrected chi connectivity index (χ0v) is 8.71. The van der Waals surface area contributed by atoms with E-state index >= 15 is 0 Å². The Balaban J connectivity index is 2.73. The monoisotopic (exact) mass is 231 g/mol. The van der Waals surface area contributed by atoms with Gasteiger partial charge in [0.05, 0.1) is 10.6 Å². The van der Waals surface area contributed by atoms with Crippen molar-refractivity contribution in [1.82, 2.24) is 0 Å². The Morgan fingerprint density at radius 1 is 1.36 bits per heavy atom. The van der Waals surface area contributed by atoms with Gasteiger partial charge in [-0.15, -0.1) is 24.0 Å². The predicted molar refractivity (Wildman–Crippen MR) is 58.4 cm³/mol. The van der Waals surface area contributed by atoms with E-state index in [9.17, 15) is 8.78 Å². The molecule has 2 rings (SSSR count). The molecule has 1 aromatic heterocycles. The molecule has 0 atom stereocenters. The molecule has 2 N–H and O–H groups in total. The number of thiophene rings is 1. The van der Waals surface area contributed by atoms with Gasteiger partial charge < -0.3 is 5.73 Å². The lowest BCUT2D eigenvalue weighted by Crippen LogP contribution is -1.88. The van der Waals surface area contributed by atoms with E-state index in [0.717, 1.165) is 20.9 Å². The van der Waals surface area contributed by atoms with E-state index in [1.165, 1.54) is 0 Å². The topological polar surface area (TPSA) is 26.0 Å². The first-order chi connectivity index (χ1) is 6.59. The number of anilines is 1. The van der Waals surface area contributed by atoms with Crippen LogP contribution in [0.2, 0.25) is 0 Å². The van der Waals surface area contributed by atoms with Gasteiger partial charge in [0, 0.05) is 15.0 Å². The lowest BCUT2D eigenvalue weighted by atomic mass is 10.2. The number of benzene rings is 1. The van der Waals surface area contributed by atoms with Crippen molar-refractivity contribution in [2.45, 2.75) is 11.3 Å². The highest BCUT2D eigenvalue weighted by atomic mass is 32.1. The minimum Gasteiger partial charge on any atom is -0.397 e. The Morgan fingerprint density at radius 3 is 2.71 bits per heavy atom. The molecule has 14 heavy (non-hydrogen) atoms. The Hall–Kier alpha value is -0.810. The number of hydrogen-bond acceptors (Lipinski definition) is 3. The molecule has 5 heteroatoms. The summed E-state index contributed by atoms with van der Waals surface area (Å²) < 4.78 is 25.7. The highest BCUT2D eigenvalue weighted by Gasteiger charge is 2.17. The summed E-state index contributed by atoms with van der Waals surface area (Å²) in [6.45, 7) is 0. The molecule has 0 saturated heterocycles. The van der Waals surface area contributed by atoms with Gasteiger partial charge in [0.1, 0.15) is 0 Å². The van der Waals surface area contributed by atoms with E-state index < -0.39 is 6.43 Å². The van der Waals surface area contributed by atoms with Crippen molar-refractivity contribution in [3.05, 3.63) is 23.1 Å². The third kappa shape index (κ3) is 1.46. The van der Waals surface area contributed by atoms with Gasteiger partial charge in [0.15, 0.2) is 0 Å². The summed E-state index contributed by atoms with van der Waals surface area (Å²) in [7, 11) is 0. The molecule has 0 bridgehead atoms. The molecule has 0 unspecified atom stereocenters. The minimum absolute atomic E-state index is 0.0565. The van der Waals surface area contributed by atoms with Crippen molar-refractivity contribution in [3.8, 4) is 0 Å². The number of nitrogen functional groups attached to an aromatic ring is 1. The van der Waals surface area contributed by atoms with Gasteiger partial charge >= 0.3 is 0 Å². The molecule has 0 radical (unpaired) electrons. The molecule has 0 aliphatic rings. The number of nitrogens with two attached hydrogens (primary N) is 1. The van der Waals surface area contributed by atoms with Gasteiger partial charge in [-0.3, -0.25) is 0 Å². The van der Waals surface area contributed by atoms with Crippen LogP contribution >= 0.6 is 24.0 Å². The Labute approximate surface area is 88.9 Å². The second kappa shape index (κ2) is 3.40. The van der Waals surface area contributed by atoms with Gasteiger partial charge in [0.2, 0.25) is 0 Å². The van der Waals surface area contributed by atoms with Crippen molar-refractivity contribution in [2.75, 3.05) is 5.73 Å². The molecule has 2 aromatic rings. The second-order valence-electron chi connectivity index (χ2n) is 2.86. The first-order valence-corrected chi connectivity index (χ1v) is 5.15. The van der Waals surface area contributed by atoms with Crippen LogP contribution in [0.1, 0.15) is 11.3 Å². The van der Waals surface area contributed by atoms with E-state index in [4.69, 9.17) is 5.73 Å². The van der Waals surface area contributed by atoms with E-state index in [-0.39, 0.29) is 10.6 Å². The largest absolute Gasteiger partial charge is 0.397 e. The van der Waals surface area contributed by atoms with Crippen molar-refractivity contribution in [3.63, 3.8) is 0 Å². The molecule has 1 aromatic carbocycles. The average molecular weight is 231 g/mol. The van der Waals surface area contributed by atoms with Gasteiger partial charge in [-0.25, -0.2) is 8.78 Å². The summed E-state index contributed by atoms with van der Waals surface area (Å²) in [6.07, 6.45) is -2.50. The fourth-order valence-corrected chi connectivity index (χ4v) is 2.60. The fraction of sp³-hybridized carbons (Fsp3) is 0.111. The van der Waals surface area contributed by atoms with Crippen molar-refractivity contribution >= 4 is 39.7 Å². The maximum Gasteiger partial charge on any atom is 0.274 e. The maximum atomic E-state index is 12.5. The summed E-state index contributed by atoms with van der Waals surface area (Å²) >= 11 is 5.16. The molecular weight excluding hydrogens is 224 g/mol. The Morgan fingerprint density at radius 2 is 2.07 bits per heavy atom. The van der Waals surface area contributed by atoms with Crippen LogP contribution in [0.15, 0.2) is 23.1 Å². The maximum absolute atomic E-state index is 12.5. The fourth-order valence-electron chi connectivity index (χ4n) is 1.29. The molecule has 0 aliphatic carbocycles. The van der Waals surface area contributed by atoms with Crippen LogP contribution in [0.25, 0.3) is 10.1 Å². The van der Waals surface area contributed by atoms with E-state index in [1.54, 1.807) is 18.2 Å². The smallest absolute Gasteiger partial charge is 0.274 e. The van der Waals surface area contributed by atoms with Gasteiger partial charge in [-0.2, -0.15) is 0 Å². The summed E-state index contributed by atoms with van der Waals surface area (Å²) in [5, 5.41) is 0.683. The number of hydrogen-bond donors (Lipinski definition) is 2. The van der Waals surface area contributed by atoms with Crippen LogP contribution in [0.3, 0.4) is 0 Å². The third-order valence-electron chi connectivity index (χ3n) is 1.94. The number of thiol groups is 1. The Kier molecular flexibility index (Phi) is 2.36. The van der Waals surface area contributed by atoms with Crippen LogP contribution < -0.4 is 5.73 Å². The molecular formula is C9H7F2NS2. The number of halogens is 2. The normalized spacial score (nSPS) is 11.4. The SMILES string of the molecule is Nc1c(C(F)F)sc2cc(S)ccc12. The second-order valence-corrected chi connectivity index (χ2v) is 4.46. The van der Waals surface area contributed by atoms with Crippen LogP contribution in [-0.4, -0.2) is 0 Å². The van der Waals surface area contributed by atoms with Crippen molar-refractivity contribution in [2.24, 2.45) is 0 Å². The molecule has 0 aliphatic heterocycles. The number of rotatable bonds is 1. The van der Waals surface area contributed by atoms with Crippen molar-refractivity contribution < 1.29 is 8.78 Å². The predicted octanol–water partition coefficient (Wildman–Crippen LogP) is 3.71. The van der Waals surface area contributed by atoms with Gasteiger partial charge in [-0.05, 0) is 12.1 Å². The minimum atomic E-state index is -2.50. The lowest BCUT2D eigenvalue weighted by molar-refractivity contribution is 0.156. The molecule has 0 saturated carbocycles. The molecule has 1 heterocycles. The van der Waals surface area contributed by atoms with Crippen LogP contribution in [-0.2, 0) is 0 Å². The van der Waals surface area contributed by atoms with E-state index in [2.05, 4.69) is 12.6 Å². The molecule has 0 spiro atoms. The van der Waals surface area contributed by atoms with E-state index in [1.807, 2.05) is 0 Å². The molecule has 0 amide bonds. The molecule has 1 nitrogen and oxygen atoms in total. The zero-order valence-electron chi connectivity index (χ0n) is 7.00. The van der Waals surface area contributed by atoms with Crippen LogP contribution in [0.4, 0.5) is 14.5 Å². The Bertz CT molecular complexity index is 479. The quantitative estimate of drug-likeness (QED) is 0.719. The summed E-state index contributed by atoms with van der Waals surface area (Å²) in [6, 6.07) is 5.20. The highest BCUT2D eigenvalue weighted by Crippen LogP contribution is 2.39. The first kappa shape index (κ1) is 9.73. The lowest BCUT2D eigenvalue weighted by Gasteiger charge is -1.95. The molecule has 0 fully saturated rings. The average Bonchev–Trinajstić information content (AvgIpc) is 2.43. The van der Waals surface area contributed by atoms with Gasteiger partial charge in [0.25, 0.3) is 6.43 Å². The van der Waals surface area contributed by atoms with Gasteiger partial charge in [-0.1, -0.05) is 6.07 Å².